The molecule has 1 N–H and O–H groups in total. The largest absolute Gasteiger partial charge is 0.496 e. The molecule has 2 aliphatic heterocycles. The third-order valence-corrected chi connectivity index (χ3v) is 6.37. The Bertz CT molecular complexity index is 865. The van der Waals surface area contributed by atoms with Crippen LogP contribution >= 0.6 is 11.8 Å². The van der Waals surface area contributed by atoms with E-state index < -0.39 is 0 Å². The summed E-state index contributed by atoms with van der Waals surface area (Å²) in [6.07, 6.45) is 2.27. The Morgan fingerprint density at radius 3 is 2.87 bits per heavy atom. The maximum Gasteiger partial charge on any atom is 0.230 e. The molecule has 1 unspecified atom stereocenters. The number of para-hydroxylation sites is 1. The molecule has 1 amide bonds. The molecule has 2 aliphatic rings. The molecule has 2 fully saturated rings. The number of nitrogens with zero attached hydrogens (tertiary/aromatic N) is 4. The number of carbonyl (C=O) groups is 1. The molecule has 0 bridgehead atoms. The smallest absolute Gasteiger partial charge is 0.230 e. The van der Waals surface area contributed by atoms with Crippen molar-refractivity contribution in [3.63, 3.8) is 0 Å². The second-order valence-corrected chi connectivity index (χ2v) is 8.45. The van der Waals surface area contributed by atoms with Crippen LogP contribution in [0.1, 0.15) is 18.4 Å². The first-order valence-electron chi connectivity index (χ1n) is 10.6. The molecule has 168 valence electrons. The monoisotopic (exact) mass is 447 g/mol. The zero-order chi connectivity index (χ0) is 21.5. The molecule has 31 heavy (non-hydrogen) atoms. The van der Waals surface area contributed by atoms with Crippen molar-refractivity contribution in [1.82, 2.24) is 20.1 Å². The van der Waals surface area contributed by atoms with Crippen LogP contribution in [0, 0.1) is 0 Å². The Morgan fingerprint density at radius 1 is 1.26 bits per heavy atom. The molecule has 0 saturated carbocycles. The molecular weight excluding hydrogens is 418 g/mol. The Hall–Kier alpha value is -2.30. The van der Waals surface area contributed by atoms with E-state index in [0.29, 0.717) is 26.3 Å². The lowest BCUT2D eigenvalue weighted by Crippen LogP contribution is -2.38. The first kappa shape index (κ1) is 21.9. The second kappa shape index (κ2) is 10.8. The zero-order valence-electron chi connectivity index (χ0n) is 17.8. The van der Waals surface area contributed by atoms with E-state index in [2.05, 4.69) is 25.0 Å². The van der Waals surface area contributed by atoms with Crippen molar-refractivity contribution in [3.8, 4) is 5.75 Å². The lowest BCUT2D eigenvalue weighted by Gasteiger charge is -2.28. The van der Waals surface area contributed by atoms with Gasteiger partial charge in [-0.3, -0.25) is 9.36 Å². The molecule has 0 radical (unpaired) electrons. The first-order valence-corrected chi connectivity index (χ1v) is 11.6. The normalized spacial score (nSPS) is 18.9. The summed E-state index contributed by atoms with van der Waals surface area (Å²) in [6, 6.07) is 7.67. The SMILES string of the molecule is COc1ccccc1CNC(=O)CSc1nnc(N2CCOCC2)n1CC1CCCO1. The second-order valence-electron chi connectivity index (χ2n) is 7.50. The average Bonchev–Trinajstić information content (AvgIpc) is 3.47. The number of thioether (sulfide) groups is 1. The highest BCUT2D eigenvalue weighted by Crippen LogP contribution is 2.26. The fourth-order valence-electron chi connectivity index (χ4n) is 3.76. The summed E-state index contributed by atoms with van der Waals surface area (Å²) in [5, 5.41) is 12.5. The standard InChI is InChI=1S/C21H29N5O4S/c1-28-18-7-3-2-5-16(18)13-22-19(27)15-31-21-24-23-20(25-8-11-29-12-9-25)26(21)14-17-6-4-10-30-17/h2-3,5,7,17H,4,6,8-15H2,1H3,(H,22,27). The molecule has 1 aromatic carbocycles. The van der Waals surface area contributed by atoms with E-state index in [-0.39, 0.29) is 17.8 Å². The summed E-state index contributed by atoms with van der Waals surface area (Å²) < 4.78 is 18.7. The van der Waals surface area contributed by atoms with Gasteiger partial charge in [0, 0.05) is 31.8 Å². The minimum absolute atomic E-state index is 0.0597. The van der Waals surface area contributed by atoms with Gasteiger partial charge >= 0.3 is 0 Å². The van der Waals surface area contributed by atoms with Crippen molar-refractivity contribution in [3.05, 3.63) is 29.8 Å². The predicted molar refractivity (Wildman–Crippen MR) is 118 cm³/mol. The van der Waals surface area contributed by atoms with Crippen LogP contribution in [-0.4, -0.2) is 72.5 Å². The minimum Gasteiger partial charge on any atom is -0.496 e. The fourth-order valence-corrected chi connectivity index (χ4v) is 4.53. The Kier molecular flexibility index (Phi) is 7.66. The van der Waals surface area contributed by atoms with Crippen molar-refractivity contribution < 1.29 is 19.0 Å². The highest BCUT2D eigenvalue weighted by molar-refractivity contribution is 7.99. The number of nitrogens with one attached hydrogen (secondary N) is 1. The molecule has 4 rings (SSSR count). The van der Waals surface area contributed by atoms with Crippen molar-refractivity contribution in [2.45, 2.75) is 37.2 Å². The molecule has 0 spiro atoms. The number of rotatable bonds is 9. The predicted octanol–water partition coefficient (Wildman–Crippen LogP) is 1.71. The lowest BCUT2D eigenvalue weighted by atomic mass is 10.2. The average molecular weight is 448 g/mol. The Morgan fingerprint density at radius 2 is 2.10 bits per heavy atom. The van der Waals surface area contributed by atoms with E-state index in [9.17, 15) is 4.79 Å². The van der Waals surface area contributed by atoms with E-state index >= 15 is 0 Å². The third-order valence-electron chi connectivity index (χ3n) is 5.40. The van der Waals surface area contributed by atoms with Gasteiger partial charge in [-0.2, -0.15) is 0 Å². The molecule has 3 heterocycles. The molecular formula is C21H29N5O4S. The van der Waals surface area contributed by atoms with E-state index in [1.807, 2.05) is 24.3 Å². The number of amides is 1. The molecule has 1 atom stereocenters. The summed E-state index contributed by atoms with van der Waals surface area (Å²) in [4.78, 5) is 14.7. The van der Waals surface area contributed by atoms with Crippen LogP contribution < -0.4 is 15.0 Å². The minimum atomic E-state index is -0.0597. The van der Waals surface area contributed by atoms with Gasteiger partial charge in [-0.1, -0.05) is 30.0 Å². The van der Waals surface area contributed by atoms with E-state index in [4.69, 9.17) is 14.2 Å². The van der Waals surface area contributed by atoms with Crippen LogP contribution in [0.15, 0.2) is 29.4 Å². The number of methoxy groups -OCH3 is 1. The van der Waals surface area contributed by atoms with Crippen LogP contribution in [0.2, 0.25) is 0 Å². The summed E-state index contributed by atoms with van der Waals surface area (Å²) in [5.74, 6) is 1.80. The quantitative estimate of drug-likeness (QED) is 0.581. The fraction of sp³-hybridized carbons (Fsp3) is 0.571. The van der Waals surface area contributed by atoms with E-state index in [1.54, 1.807) is 7.11 Å². The van der Waals surface area contributed by atoms with Gasteiger partial charge in [-0.15, -0.1) is 10.2 Å². The third kappa shape index (κ3) is 5.69. The van der Waals surface area contributed by atoms with Crippen LogP contribution in [0.3, 0.4) is 0 Å². The van der Waals surface area contributed by atoms with Crippen LogP contribution in [0.4, 0.5) is 5.95 Å². The van der Waals surface area contributed by atoms with Gasteiger partial charge in [0.15, 0.2) is 5.16 Å². The molecule has 0 aliphatic carbocycles. The Balaban J connectivity index is 1.38. The van der Waals surface area contributed by atoms with Crippen LogP contribution in [-0.2, 0) is 27.4 Å². The Labute approximate surface area is 186 Å². The van der Waals surface area contributed by atoms with E-state index in [0.717, 1.165) is 55.0 Å². The van der Waals surface area contributed by atoms with Gasteiger partial charge in [0.25, 0.3) is 0 Å². The van der Waals surface area contributed by atoms with Crippen molar-refractivity contribution in [2.24, 2.45) is 0 Å². The lowest BCUT2D eigenvalue weighted by molar-refractivity contribution is -0.118. The highest BCUT2D eigenvalue weighted by atomic mass is 32.2. The summed E-state index contributed by atoms with van der Waals surface area (Å²) in [7, 11) is 1.63. The van der Waals surface area contributed by atoms with Gasteiger partial charge < -0.3 is 24.4 Å². The van der Waals surface area contributed by atoms with Gasteiger partial charge in [0.2, 0.25) is 11.9 Å². The number of morpholine rings is 1. The summed E-state index contributed by atoms with van der Waals surface area (Å²) >= 11 is 1.40. The molecule has 2 saturated heterocycles. The highest BCUT2D eigenvalue weighted by Gasteiger charge is 2.25. The number of aromatic nitrogens is 3. The zero-order valence-corrected chi connectivity index (χ0v) is 18.6. The molecule has 9 nitrogen and oxygen atoms in total. The van der Waals surface area contributed by atoms with Crippen LogP contribution in [0.25, 0.3) is 0 Å². The van der Waals surface area contributed by atoms with Crippen molar-refractivity contribution >= 4 is 23.6 Å². The molecule has 2 aromatic rings. The van der Waals surface area contributed by atoms with Gasteiger partial charge in [-0.25, -0.2) is 0 Å². The maximum absolute atomic E-state index is 12.5. The molecule has 1 aromatic heterocycles. The number of benzene rings is 1. The number of anilines is 1. The number of hydrogen-bond donors (Lipinski definition) is 1. The number of carbonyl (C=O) groups excluding carboxylic acids is 1. The first-order chi connectivity index (χ1) is 15.2. The van der Waals surface area contributed by atoms with Gasteiger partial charge in [0.1, 0.15) is 5.75 Å². The van der Waals surface area contributed by atoms with Gasteiger partial charge in [0.05, 0.1) is 38.7 Å². The van der Waals surface area contributed by atoms with Crippen molar-refractivity contribution in [2.75, 3.05) is 50.7 Å². The van der Waals surface area contributed by atoms with Crippen molar-refractivity contribution in [1.29, 1.82) is 0 Å². The number of hydrogen-bond acceptors (Lipinski definition) is 8. The summed E-state index contributed by atoms with van der Waals surface area (Å²) in [5.41, 5.74) is 0.944. The summed E-state index contributed by atoms with van der Waals surface area (Å²) in [6.45, 7) is 4.85. The van der Waals surface area contributed by atoms with Crippen LogP contribution in [0.5, 0.6) is 5.75 Å². The van der Waals surface area contributed by atoms with Gasteiger partial charge in [-0.05, 0) is 18.9 Å². The topological polar surface area (TPSA) is 90.7 Å². The van der Waals surface area contributed by atoms with E-state index in [1.165, 1.54) is 11.8 Å². The number of ether oxygens (including phenoxy) is 3. The maximum atomic E-state index is 12.5. The molecule has 10 heteroatoms.